The highest BCUT2D eigenvalue weighted by atomic mass is 127. The number of nitrogens with zero attached hydrogens (tertiary/aromatic N) is 4. The maximum atomic E-state index is 12.7. The number of fused-ring (bicyclic) bond motifs is 3. The highest BCUT2D eigenvalue weighted by molar-refractivity contribution is 14.1. The molecule has 0 atom stereocenters. The lowest BCUT2D eigenvalue weighted by Crippen LogP contribution is -2.45. The van der Waals surface area contributed by atoms with E-state index in [0.29, 0.717) is 0 Å². The fourth-order valence-corrected chi connectivity index (χ4v) is 7.02. The van der Waals surface area contributed by atoms with E-state index in [9.17, 15) is 4.79 Å². The average Bonchev–Trinajstić information content (AvgIpc) is 3.26. The summed E-state index contributed by atoms with van der Waals surface area (Å²) in [5.41, 5.74) is 1.31. The van der Waals surface area contributed by atoms with Crippen LogP contribution in [0.3, 0.4) is 0 Å². The minimum atomic E-state index is 0.0522. The SMILES string of the molecule is O=c1[nH]c(CN2CCN(Cc3ncc(I)s3)CC2)nc2sc3c(c12)CCCC3. The summed E-state index contributed by atoms with van der Waals surface area (Å²) in [6, 6.07) is 0. The summed E-state index contributed by atoms with van der Waals surface area (Å²) in [6.45, 7) is 5.68. The van der Waals surface area contributed by atoms with Crippen LogP contribution < -0.4 is 5.56 Å². The van der Waals surface area contributed by atoms with Crippen LogP contribution in [-0.4, -0.2) is 50.9 Å². The van der Waals surface area contributed by atoms with E-state index in [2.05, 4.69) is 42.4 Å². The fourth-order valence-electron chi connectivity index (χ4n) is 4.15. The molecule has 3 aromatic rings. The number of hydrogen-bond acceptors (Lipinski definition) is 7. The monoisotopic (exact) mass is 527 g/mol. The summed E-state index contributed by atoms with van der Waals surface area (Å²) in [7, 11) is 0. The van der Waals surface area contributed by atoms with Crippen molar-refractivity contribution in [1.29, 1.82) is 0 Å². The molecule has 1 aliphatic carbocycles. The predicted octanol–water partition coefficient (Wildman–Crippen LogP) is 3.24. The maximum Gasteiger partial charge on any atom is 0.259 e. The number of hydrogen-bond donors (Lipinski definition) is 1. The Labute approximate surface area is 185 Å². The molecule has 0 saturated carbocycles. The highest BCUT2D eigenvalue weighted by Gasteiger charge is 2.22. The molecule has 5 rings (SSSR count). The number of nitrogens with one attached hydrogen (secondary N) is 1. The van der Waals surface area contributed by atoms with Crippen LogP contribution in [0, 0.1) is 2.88 Å². The molecule has 1 saturated heterocycles. The van der Waals surface area contributed by atoms with Crippen molar-refractivity contribution in [3.05, 3.63) is 40.7 Å². The van der Waals surface area contributed by atoms with Crippen molar-refractivity contribution >= 4 is 55.5 Å². The number of rotatable bonds is 4. The number of thiophene rings is 1. The smallest absolute Gasteiger partial charge is 0.259 e. The zero-order chi connectivity index (χ0) is 19.1. The van der Waals surface area contributed by atoms with E-state index < -0.39 is 0 Å². The number of aryl methyl sites for hydroxylation is 2. The van der Waals surface area contributed by atoms with Gasteiger partial charge in [0.15, 0.2) is 0 Å². The van der Waals surface area contributed by atoms with Crippen molar-refractivity contribution < 1.29 is 0 Å². The predicted molar refractivity (Wildman–Crippen MR) is 122 cm³/mol. The second-order valence-corrected chi connectivity index (χ2v) is 11.6. The molecule has 0 radical (unpaired) electrons. The van der Waals surface area contributed by atoms with Gasteiger partial charge in [-0.15, -0.1) is 22.7 Å². The van der Waals surface area contributed by atoms with Crippen LogP contribution in [0.2, 0.25) is 0 Å². The van der Waals surface area contributed by atoms with Crippen molar-refractivity contribution in [3.8, 4) is 0 Å². The number of thiazole rings is 1. The third-order valence-electron chi connectivity index (χ3n) is 5.60. The number of halogens is 1. The summed E-state index contributed by atoms with van der Waals surface area (Å²) < 4.78 is 1.24. The Balaban J connectivity index is 1.25. The first-order valence-electron chi connectivity index (χ1n) is 9.74. The van der Waals surface area contributed by atoms with Crippen molar-refractivity contribution in [3.63, 3.8) is 0 Å². The van der Waals surface area contributed by atoms with Crippen LogP contribution in [0.25, 0.3) is 10.2 Å². The molecule has 1 fully saturated rings. The summed E-state index contributed by atoms with van der Waals surface area (Å²) in [6.07, 6.45) is 6.49. The standard InChI is InChI=1S/C19H22IN5OS2/c20-14-9-21-16(28-14)11-25-7-5-24(6-8-25)10-15-22-18(26)17-12-3-1-2-4-13(12)27-19(17)23-15/h9H,1-8,10-11H2,(H,22,23,26). The normalized spacial score (nSPS) is 18.6. The van der Waals surface area contributed by atoms with Crippen molar-refractivity contribution in [1.82, 2.24) is 24.8 Å². The Kier molecular flexibility index (Phi) is 5.52. The Morgan fingerprint density at radius 1 is 1.07 bits per heavy atom. The minimum Gasteiger partial charge on any atom is -0.309 e. The quantitative estimate of drug-likeness (QED) is 0.528. The highest BCUT2D eigenvalue weighted by Crippen LogP contribution is 2.33. The number of aromatic amines is 1. The first-order valence-corrected chi connectivity index (χ1v) is 12.5. The molecule has 4 heterocycles. The molecule has 6 nitrogen and oxygen atoms in total. The average molecular weight is 527 g/mol. The van der Waals surface area contributed by atoms with E-state index in [1.807, 2.05) is 6.20 Å². The lowest BCUT2D eigenvalue weighted by Gasteiger charge is -2.33. The molecule has 28 heavy (non-hydrogen) atoms. The van der Waals surface area contributed by atoms with Crippen LogP contribution in [-0.2, 0) is 25.9 Å². The molecule has 0 aromatic carbocycles. The van der Waals surface area contributed by atoms with Crippen molar-refractivity contribution in [2.75, 3.05) is 26.2 Å². The van der Waals surface area contributed by atoms with E-state index in [1.54, 1.807) is 22.7 Å². The molecule has 0 amide bonds. The summed E-state index contributed by atoms with van der Waals surface area (Å²) in [5.74, 6) is 0.805. The molecule has 0 spiro atoms. The first kappa shape index (κ1) is 19.1. The minimum absolute atomic E-state index is 0.0522. The lowest BCUT2D eigenvalue weighted by atomic mass is 9.97. The molecule has 3 aromatic heterocycles. The number of H-pyrrole nitrogens is 1. The molecule has 0 bridgehead atoms. The van der Waals surface area contributed by atoms with E-state index in [0.717, 1.165) is 68.2 Å². The van der Waals surface area contributed by atoms with E-state index in [-0.39, 0.29) is 5.56 Å². The van der Waals surface area contributed by atoms with Gasteiger partial charge in [0.1, 0.15) is 15.7 Å². The third-order valence-corrected chi connectivity index (χ3v) is 8.49. The molecule has 2 aliphatic rings. The first-order chi connectivity index (χ1) is 13.7. The molecule has 9 heteroatoms. The zero-order valence-electron chi connectivity index (χ0n) is 15.5. The maximum absolute atomic E-state index is 12.7. The summed E-state index contributed by atoms with van der Waals surface area (Å²) in [4.78, 5) is 32.2. The Morgan fingerprint density at radius 3 is 2.57 bits per heavy atom. The second-order valence-electron chi connectivity index (χ2n) is 7.51. The fraction of sp³-hybridized carbons (Fsp3) is 0.526. The van der Waals surface area contributed by atoms with Crippen LogP contribution in [0.1, 0.15) is 34.1 Å². The number of piperazine rings is 1. The Bertz CT molecular complexity index is 1050. The van der Waals surface area contributed by atoms with E-state index in [1.165, 1.54) is 31.2 Å². The Hall–Kier alpha value is -0.880. The second kappa shape index (κ2) is 8.10. The topological polar surface area (TPSA) is 65.1 Å². The van der Waals surface area contributed by atoms with Crippen molar-refractivity contribution in [2.24, 2.45) is 0 Å². The van der Waals surface area contributed by atoms with Crippen LogP contribution in [0.4, 0.5) is 0 Å². The van der Waals surface area contributed by atoms with Gasteiger partial charge in [-0.05, 0) is 53.8 Å². The largest absolute Gasteiger partial charge is 0.309 e. The van der Waals surface area contributed by atoms with Crippen molar-refractivity contribution in [2.45, 2.75) is 38.8 Å². The van der Waals surface area contributed by atoms with Gasteiger partial charge in [-0.1, -0.05) is 0 Å². The van der Waals surface area contributed by atoms with E-state index >= 15 is 0 Å². The molecule has 148 valence electrons. The van der Waals surface area contributed by atoms with Crippen LogP contribution >= 0.6 is 45.3 Å². The van der Waals surface area contributed by atoms with Gasteiger partial charge in [0, 0.05) is 31.1 Å². The zero-order valence-corrected chi connectivity index (χ0v) is 19.3. The summed E-state index contributed by atoms with van der Waals surface area (Å²) in [5, 5.41) is 2.04. The Morgan fingerprint density at radius 2 is 1.82 bits per heavy atom. The molecule has 0 unspecified atom stereocenters. The van der Waals surface area contributed by atoms with Gasteiger partial charge in [0.2, 0.25) is 0 Å². The van der Waals surface area contributed by atoms with Gasteiger partial charge in [-0.25, -0.2) is 9.97 Å². The molecular weight excluding hydrogens is 505 g/mol. The van der Waals surface area contributed by atoms with Gasteiger partial charge >= 0.3 is 0 Å². The van der Waals surface area contributed by atoms with Gasteiger partial charge in [0.25, 0.3) is 5.56 Å². The number of aromatic nitrogens is 3. The molecule has 1 aliphatic heterocycles. The lowest BCUT2D eigenvalue weighted by molar-refractivity contribution is 0.120. The third kappa shape index (κ3) is 3.91. The van der Waals surface area contributed by atoms with Gasteiger partial charge < -0.3 is 4.98 Å². The van der Waals surface area contributed by atoms with E-state index in [4.69, 9.17) is 4.98 Å². The van der Waals surface area contributed by atoms with Crippen LogP contribution in [0.5, 0.6) is 0 Å². The van der Waals surface area contributed by atoms with Gasteiger partial charge in [0.05, 0.1) is 27.6 Å². The molecular formula is C19H22IN5OS2. The molecule has 1 N–H and O–H groups in total. The van der Waals surface area contributed by atoms with Gasteiger partial charge in [-0.3, -0.25) is 14.6 Å². The van der Waals surface area contributed by atoms with Crippen LogP contribution in [0.15, 0.2) is 11.0 Å². The summed E-state index contributed by atoms with van der Waals surface area (Å²) >= 11 is 5.82. The van der Waals surface area contributed by atoms with Gasteiger partial charge in [-0.2, -0.15) is 0 Å².